The van der Waals surface area contributed by atoms with E-state index in [1.54, 1.807) is 6.20 Å². The van der Waals surface area contributed by atoms with E-state index in [4.69, 9.17) is 9.47 Å². The van der Waals surface area contributed by atoms with Crippen molar-refractivity contribution in [2.45, 2.75) is 13.3 Å². The molecule has 0 atom stereocenters. The van der Waals surface area contributed by atoms with Gasteiger partial charge in [0.1, 0.15) is 5.82 Å². The van der Waals surface area contributed by atoms with E-state index in [0.717, 1.165) is 39.0 Å². The van der Waals surface area contributed by atoms with E-state index >= 15 is 0 Å². The number of fused-ring (bicyclic) bond motifs is 1. The van der Waals surface area contributed by atoms with Gasteiger partial charge in [-0.05, 0) is 50.4 Å². The highest BCUT2D eigenvalue weighted by Crippen LogP contribution is 2.42. The maximum atomic E-state index is 5.43. The third-order valence-electron chi connectivity index (χ3n) is 2.97. The summed E-state index contributed by atoms with van der Waals surface area (Å²) in [6.07, 6.45) is 2.78. The van der Waals surface area contributed by atoms with E-state index in [-0.39, 0.29) is 6.79 Å². The molecule has 0 amide bonds. The maximum absolute atomic E-state index is 5.43. The van der Waals surface area contributed by atoms with Gasteiger partial charge in [-0.2, -0.15) is 0 Å². The van der Waals surface area contributed by atoms with Gasteiger partial charge in [-0.3, -0.25) is 0 Å². The van der Waals surface area contributed by atoms with Crippen LogP contribution >= 0.6 is 31.9 Å². The Bertz CT molecular complexity index is 680. The van der Waals surface area contributed by atoms with Gasteiger partial charge < -0.3 is 14.8 Å². The van der Waals surface area contributed by atoms with Gasteiger partial charge in [0.25, 0.3) is 0 Å². The molecule has 0 aliphatic carbocycles. The van der Waals surface area contributed by atoms with Crippen LogP contribution in [-0.4, -0.2) is 23.3 Å². The molecule has 1 aliphatic rings. The second-order valence-electron chi connectivity index (χ2n) is 4.51. The second-order valence-corrected chi connectivity index (χ2v) is 6.22. The highest BCUT2D eigenvalue weighted by atomic mass is 79.9. The molecule has 0 fully saturated rings. The number of nitrogens with zero attached hydrogens (tertiary/aromatic N) is 2. The van der Waals surface area contributed by atoms with Crippen LogP contribution in [0.5, 0.6) is 11.5 Å². The van der Waals surface area contributed by atoms with Gasteiger partial charge in [-0.1, -0.05) is 6.92 Å². The zero-order valence-corrected chi connectivity index (χ0v) is 14.5. The van der Waals surface area contributed by atoms with Crippen LogP contribution in [0.3, 0.4) is 0 Å². The molecule has 5 nitrogen and oxygen atoms in total. The first kappa shape index (κ1) is 14.6. The van der Waals surface area contributed by atoms with E-state index in [1.165, 1.54) is 0 Å². The topological polar surface area (TPSA) is 56.3 Å². The number of hydrogen-bond donors (Lipinski definition) is 1. The van der Waals surface area contributed by atoms with Crippen molar-refractivity contribution in [3.8, 4) is 22.9 Å². The number of halogens is 2. The molecule has 0 saturated heterocycles. The first-order chi connectivity index (χ1) is 10.2. The highest BCUT2D eigenvalue weighted by molar-refractivity contribution is 9.11. The zero-order valence-electron chi connectivity index (χ0n) is 11.3. The van der Waals surface area contributed by atoms with E-state index in [0.29, 0.717) is 11.6 Å². The van der Waals surface area contributed by atoms with E-state index in [2.05, 4.69) is 54.1 Å². The van der Waals surface area contributed by atoms with Crippen LogP contribution in [0.2, 0.25) is 0 Å². The predicted molar refractivity (Wildman–Crippen MR) is 87.8 cm³/mol. The molecule has 0 unspecified atom stereocenters. The Hall–Kier alpha value is -1.34. The van der Waals surface area contributed by atoms with Gasteiger partial charge in [0, 0.05) is 18.3 Å². The number of ether oxygens (including phenoxy) is 2. The molecule has 0 spiro atoms. The third kappa shape index (κ3) is 2.98. The lowest BCUT2D eigenvalue weighted by Gasteiger charge is -2.09. The molecule has 0 bridgehead atoms. The molecule has 0 radical (unpaired) electrons. The van der Waals surface area contributed by atoms with Gasteiger partial charge >= 0.3 is 0 Å². The Morgan fingerprint density at radius 3 is 2.90 bits per heavy atom. The van der Waals surface area contributed by atoms with Crippen molar-refractivity contribution >= 4 is 37.7 Å². The monoisotopic (exact) mass is 413 g/mol. The minimum atomic E-state index is 0.238. The number of hydrogen-bond acceptors (Lipinski definition) is 5. The smallest absolute Gasteiger partial charge is 0.231 e. The van der Waals surface area contributed by atoms with Crippen molar-refractivity contribution in [1.82, 2.24) is 9.97 Å². The molecule has 0 saturated carbocycles. The lowest BCUT2D eigenvalue weighted by molar-refractivity contribution is 0.173. The van der Waals surface area contributed by atoms with Gasteiger partial charge in [0.05, 0.1) is 8.95 Å². The number of rotatable bonds is 4. The lowest BCUT2D eigenvalue weighted by Crippen LogP contribution is -2.04. The van der Waals surface area contributed by atoms with Gasteiger partial charge in [0.15, 0.2) is 17.3 Å². The Morgan fingerprint density at radius 2 is 2.10 bits per heavy atom. The lowest BCUT2D eigenvalue weighted by atomic mass is 10.2. The van der Waals surface area contributed by atoms with E-state index in [1.807, 2.05) is 12.1 Å². The van der Waals surface area contributed by atoms with Crippen molar-refractivity contribution in [2.75, 3.05) is 18.7 Å². The predicted octanol–water partition coefficient (Wildman–Crippen LogP) is 4.22. The van der Waals surface area contributed by atoms with Crippen molar-refractivity contribution in [1.29, 1.82) is 0 Å². The molecule has 1 aliphatic heterocycles. The molecule has 2 aromatic rings. The molecule has 1 aromatic carbocycles. The van der Waals surface area contributed by atoms with Gasteiger partial charge in [-0.15, -0.1) is 0 Å². The minimum absolute atomic E-state index is 0.238. The van der Waals surface area contributed by atoms with E-state index in [9.17, 15) is 0 Å². The molecule has 110 valence electrons. The summed E-state index contributed by atoms with van der Waals surface area (Å²) in [6.45, 7) is 3.21. The number of benzene rings is 1. The average Bonchev–Trinajstić information content (AvgIpc) is 2.95. The summed E-state index contributed by atoms with van der Waals surface area (Å²) in [4.78, 5) is 8.93. The summed E-state index contributed by atoms with van der Waals surface area (Å²) < 4.78 is 12.5. The molecule has 2 heterocycles. The molecule has 1 N–H and O–H groups in total. The highest BCUT2D eigenvalue weighted by Gasteiger charge is 2.19. The van der Waals surface area contributed by atoms with Crippen LogP contribution in [0.1, 0.15) is 13.3 Å². The molecule has 21 heavy (non-hydrogen) atoms. The van der Waals surface area contributed by atoms with Gasteiger partial charge in [-0.25, -0.2) is 9.97 Å². The largest absolute Gasteiger partial charge is 0.454 e. The summed E-state index contributed by atoms with van der Waals surface area (Å²) >= 11 is 6.94. The third-order valence-corrected chi connectivity index (χ3v) is 4.14. The van der Waals surface area contributed by atoms with Crippen LogP contribution in [0.15, 0.2) is 27.3 Å². The summed E-state index contributed by atoms with van der Waals surface area (Å²) in [5, 5.41) is 3.27. The Balaban J connectivity index is 1.99. The number of aromatic nitrogens is 2. The summed E-state index contributed by atoms with van der Waals surface area (Å²) in [6, 6.07) is 3.82. The fourth-order valence-electron chi connectivity index (χ4n) is 1.97. The van der Waals surface area contributed by atoms with Crippen LogP contribution in [0, 0.1) is 0 Å². The molecular weight excluding hydrogens is 402 g/mol. The zero-order chi connectivity index (χ0) is 14.8. The van der Waals surface area contributed by atoms with Crippen molar-refractivity contribution in [2.24, 2.45) is 0 Å². The summed E-state index contributed by atoms with van der Waals surface area (Å²) in [5.41, 5.74) is 0.873. The number of nitrogens with one attached hydrogen (secondary N) is 1. The SMILES string of the molecule is CCCNc1nc(-c2cc(Br)c3c(c2)OCO3)ncc1Br. The molecular formula is C14H13Br2N3O2. The Morgan fingerprint density at radius 1 is 1.24 bits per heavy atom. The first-order valence-corrected chi connectivity index (χ1v) is 8.13. The minimum Gasteiger partial charge on any atom is -0.454 e. The fraction of sp³-hybridized carbons (Fsp3) is 0.286. The first-order valence-electron chi connectivity index (χ1n) is 6.55. The van der Waals surface area contributed by atoms with Crippen LogP contribution in [0.4, 0.5) is 5.82 Å². The van der Waals surface area contributed by atoms with Crippen LogP contribution in [-0.2, 0) is 0 Å². The quantitative estimate of drug-likeness (QED) is 0.811. The second kappa shape index (κ2) is 6.19. The van der Waals surface area contributed by atoms with Crippen LogP contribution in [0.25, 0.3) is 11.4 Å². The summed E-state index contributed by atoms with van der Waals surface area (Å²) in [5.74, 6) is 2.85. The Labute approximate surface area is 139 Å². The van der Waals surface area contributed by atoms with Crippen molar-refractivity contribution in [3.05, 3.63) is 27.3 Å². The summed E-state index contributed by atoms with van der Waals surface area (Å²) in [7, 11) is 0. The van der Waals surface area contributed by atoms with Crippen LogP contribution < -0.4 is 14.8 Å². The van der Waals surface area contributed by atoms with Gasteiger partial charge in [0.2, 0.25) is 6.79 Å². The molecule has 3 rings (SSSR count). The fourth-order valence-corrected chi connectivity index (χ4v) is 2.86. The van der Waals surface area contributed by atoms with E-state index < -0.39 is 0 Å². The number of anilines is 1. The molecule has 1 aromatic heterocycles. The van der Waals surface area contributed by atoms with Crippen molar-refractivity contribution < 1.29 is 9.47 Å². The van der Waals surface area contributed by atoms with Crippen molar-refractivity contribution in [3.63, 3.8) is 0 Å². The average molecular weight is 415 g/mol. The standard InChI is InChI=1S/C14H13Br2N3O2/c1-2-3-17-14-10(16)6-18-13(19-14)8-4-9(15)12-11(5-8)20-7-21-12/h4-6H,2-3,7H2,1H3,(H,17,18,19). The maximum Gasteiger partial charge on any atom is 0.231 e. The Kier molecular flexibility index (Phi) is 4.30. The normalized spacial score (nSPS) is 12.5. The molecule has 7 heteroatoms.